The molecule has 0 fully saturated rings. The number of benzene rings is 2. The second-order valence-electron chi connectivity index (χ2n) is 7.67. The third kappa shape index (κ3) is 5.61. The molecule has 0 aromatic heterocycles. The minimum atomic E-state index is -3.83. The van der Waals surface area contributed by atoms with Crippen molar-refractivity contribution in [1.82, 2.24) is 9.62 Å². The molecule has 0 saturated heterocycles. The SMILES string of the molecule is CCc1ccc(CC)c(CNC(=O)CN(c2cc(C)ccc2C)S(=O)(=O)N(C)C)c1. The van der Waals surface area contributed by atoms with Gasteiger partial charge in [0.1, 0.15) is 6.54 Å². The van der Waals surface area contributed by atoms with Crippen molar-refractivity contribution in [3.05, 3.63) is 64.2 Å². The van der Waals surface area contributed by atoms with Crippen molar-refractivity contribution < 1.29 is 13.2 Å². The molecule has 0 saturated carbocycles. The van der Waals surface area contributed by atoms with Crippen LogP contribution in [0.3, 0.4) is 0 Å². The summed E-state index contributed by atoms with van der Waals surface area (Å²) in [6, 6.07) is 11.9. The van der Waals surface area contributed by atoms with Crippen LogP contribution in [0.2, 0.25) is 0 Å². The summed E-state index contributed by atoms with van der Waals surface area (Å²) in [5.74, 6) is -0.342. The number of carbonyl (C=O) groups excluding carboxylic acids is 1. The van der Waals surface area contributed by atoms with Crippen LogP contribution >= 0.6 is 0 Å². The minimum Gasteiger partial charge on any atom is -0.350 e. The first-order valence-corrected chi connectivity index (χ1v) is 11.6. The maximum absolute atomic E-state index is 13.0. The van der Waals surface area contributed by atoms with Crippen molar-refractivity contribution in [2.45, 2.75) is 47.1 Å². The summed E-state index contributed by atoms with van der Waals surface area (Å²) in [7, 11) is -0.892. The highest BCUT2D eigenvalue weighted by molar-refractivity contribution is 7.90. The minimum absolute atomic E-state index is 0.278. The fourth-order valence-electron chi connectivity index (χ4n) is 3.27. The predicted molar refractivity (Wildman–Crippen MR) is 123 cm³/mol. The number of aryl methyl sites for hydroxylation is 4. The van der Waals surface area contributed by atoms with E-state index in [0.29, 0.717) is 12.2 Å². The Bertz CT molecular complexity index is 1000. The maximum atomic E-state index is 13.0. The molecule has 2 aromatic carbocycles. The molecule has 0 atom stereocenters. The molecule has 1 N–H and O–H groups in total. The van der Waals surface area contributed by atoms with Crippen molar-refractivity contribution in [3.63, 3.8) is 0 Å². The summed E-state index contributed by atoms with van der Waals surface area (Å²) in [4.78, 5) is 12.8. The summed E-state index contributed by atoms with van der Waals surface area (Å²) in [6.07, 6.45) is 1.80. The van der Waals surface area contributed by atoms with Gasteiger partial charge in [-0.1, -0.05) is 44.2 Å². The summed E-state index contributed by atoms with van der Waals surface area (Å²) >= 11 is 0. The number of nitrogens with one attached hydrogen (secondary N) is 1. The zero-order valence-corrected chi connectivity index (χ0v) is 19.6. The largest absolute Gasteiger partial charge is 0.350 e. The molecule has 164 valence electrons. The predicted octanol–water partition coefficient (Wildman–Crippen LogP) is 3.36. The fourth-order valence-corrected chi connectivity index (χ4v) is 4.38. The maximum Gasteiger partial charge on any atom is 0.304 e. The topological polar surface area (TPSA) is 69.7 Å². The smallest absolute Gasteiger partial charge is 0.304 e. The van der Waals surface area contributed by atoms with Crippen LogP contribution in [0.5, 0.6) is 0 Å². The first kappa shape index (κ1) is 23.9. The van der Waals surface area contributed by atoms with Crippen molar-refractivity contribution in [2.24, 2.45) is 0 Å². The van der Waals surface area contributed by atoms with E-state index in [9.17, 15) is 13.2 Å². The van der Waals surface area contributed by atoms with Gasteiger partial charge in [-0.15, -0.1) is 0 Å². The van der Waals surface area contributed by atoms with Gasteiger partial charge < -0.3 is 5.32 Å². The van der Waals surface area contributed by atoms with Crippen LogP contribution < -0.4 is 9.62 Å². The highest BCUT2D eigenvalue weighted by atomic mass is 32.2. The van der Waals surface area contributed by atoms with Crippen molar-refractivity contribution >= 4 is 21.8 Å². The second kappa shape index (κ2) is 10.1. The lowest BCUT2D eigenvalue weighted by molar-refractivity contribution is -0.119. The normalized spacial score (nSPS) is 11.6. The van der Waals surface area contributed by atoms with E-state index in [1.54, 1.807) is 6.07 Å². The van der Waals surface area contributed by atoms with Crippen LogP contribution in [0.25, 0.3) is 0 Å². The zero-order chi connectivity index (χ0) is 22.5. The second-order valence-corrected chi connectivity index (χ2v) is 9.74. The molecule has 2 rings (SSSR count). The van der Waals surface area contributed by atoms with E-state index in [2.05, 4.69) is 37.4 Å². The van der Waals surface area contributed by atoms with E-state index in [1.807, 2.05) is 26.0 Å². The summed E-state index contributed by atoms with van der Waals surface area (Å²) in [5, 5.41) is 2.91. The monoisotopic (exact) mass is 431 g/mol. The fraction of sp³-hybridized carbons (Fsp3) is 0.435. The van der Waals surface area contributed by atoms with E-state index >= 15 is 0 Å². The third-order valence-corrected chi connectivity index (χ3v) is 7.00. The van der Waals surface area contributed by atoms with Crippen LogP contribution in [0.1, 0.15) is 41.7 Å². The van der Waals surface area contributed by atoms with Gasteiger partial charge in [-0.25, -0.2) is 4.31 Å². The average Bonchev–Trinajstić information content (AvgIpc) is 2.71. The average molecular weight is 432 g/mol. The van der Waals surface area contributed by atoms with Gasteiger partial charge in [0, 0.05) is 20.6 Å². The molecule has 0 heterocycles. The van der Waals surface area contributed by atoms with Gasteiger partial charge in [0.25, 0.3) is 0 Å². The zero-order valence-electron chi connectivity index (χ0n) is 18.8. The van der Waals surface area contributed by atoms with Crippen molar-refractivity contribution in [2.75, 3.05) is 24.9 Å². The van der Waals surface area contributed by atoms with Gasteiger partial charge in [-0.05, 0) is 60.6 Å². The van der Waals surface area contributed by atoms with Crippen LogP contribution in [0.4, 0.5) is 5.69 Å². The Morgan fingerprint density at radius 1 is 0.967 bits per heavy atom. The molecule has 0 aliphatic heterocycles. The number of carbonyl (C=O) groups is 1. The van der Waals surface area contributed by atoms with E-state index in [0.717, 1.165) is 33.8 Å². The van der Waals surface area contributed by atoms with Crippen molar-refractivity contribution in [3.8, 4) is 0 Å². The molecule has 0 aliphatic carbocycles. The highest BCUT2D eigenvalue weighted by Crippen LogP contribution is 2.25. The molecule has 2 aromatic rings. The molecular formula is C23H33N3O3S. The Morgan fingerprint density at radius 2 is 1.67 bits per heavy atom. The molecule has 1 amide bonds. The van der Waals surface area contributed by atoms with E-state index < -0.39 is 10.2 Å². The molecule has 0 aliphatic rings. The van der Waals surface area contributed by atoms with Crippen LogP contribution in [0.15, 0.2) is 36.4 Å². The quantitative estimate of drug-likeness (QED) is 0.662. The number of hydrogen-bond acceptors (Lipinski definition) is 3. The van der Waals surface area contributed by atoms with Gasteiger partial charge >= 0.3 is 10.2 Å². The van der Waals surface area contributed by atoms with Gasteiger partial charge in [-0.3, -0.25) is 4.79 Å². The Balaban J connectivity index is 2.27. The Kier molecular flexibility index (Phi) is 8.03. The Labute approximate surface area is 181 Å². The van der Waals surface area contributed by atoms with Crippen LogP contribution in [-0.4, -0.2) is 39.3 Å². The first-order chi connectivity index (χ1) is 14.1. The van der Waals surface area contributed by atoms with Crippen LogP contribution in [-0.2, 0) is 34.4 Å². The van der Waals surface area contributed by atoms with Gasteiger partial charge in [0.2, 0.25) is 5.91 Å². The standard InChI is InChI=1S/C23H33N3O3S/c1-7-19-11-12-20(8-2)21(14-19)15-24-23(27)16-26(30(28,29)25(5)6)22-13-17(3)9-10-18(22)4/h9-14H,7-8,15-16H2,1-6H3,(H,24,27). The molecule has 0 bridgehead atoms. The molecule has 7 heteroatoms. The molecule has 0 radical (unpaired) electrons. The number of rotatable bonds is 9. The van der Waals surface area contributed by atoms with Crippen molar-refractivity contribution in [1.29, 1.82) is 0 Å². The van der Waals surface area contributed by atoms with Gasteiger partial charge in [-0.2, -0.15) is 12.7 Å². The lowest BCUT2D eigenvalue weighted by Gasteiger charge is -2.28. The number of hydrogen-bond donors (Lipinski definition) is 1. The molecule has 30 heavy (non-hydrogen) atoms. The van der Waals surface area contributed by atoms with E-state index in [-0.39, 0.29) is 12.5 Å². The summed E-state index contributed by atoms with van der Waals surface area (Å²) < 4.78 is 28.2. The molecular weight excluding hydrogens is 398 g/mol. The van der Waals surface area contributed by atoms with Gasteiger partial charge in [0.15, 0.2) is 0 Å². The van der Waals surface area contributed by atoms with Gasteiger partial charge in [0.05, 0.1) is 5.69 Å². The first-order valence-electron chi connectivity index (χ1n) is 10.2. The van der Waals surface area contributed by atoms with E-state index in [1.165, 1.54) is 29.5 Å². The van der Waals surface area contributed by atoms with E-state index in [4.69, 9.17) is 0 Å². The molecule has 6 nitrogen and oxygen atoms in total. The molecule has 0 spiro atoms. The lowest BCUT2D eigenvalue weighted by Crippen LogP contribution is -2.46. The van der Waals surface area contributed by atoms with Crippen LogP contribution in [0, 0.1) is 13.8 Å². The summed E-state index contributed by atoms with van der Waals surface area (Å²) in [5.41, 5.74) is 5.70. The number of nitrogens with zero attached hydrogens (tertiary/aromatic N) is 2. The molecule has 0 unspecified atom stereocenters. The Morgan fingerprint density at radius 3 is 2.27 bits per heavy atom. The number of anilines is 1. The Hall–Kier alpha value is -2.38. The highest BCUT2D eigenvalue weighted by Gasteiger charge is 2.28. The third-order valence-electron chi connectivity index (χ3n) is 5.20. The lowest BCUT2D eigenvalue weighted by atomic mass is 10.0. The summed E-state index contributed by atoms with van der Waals surface area (Å²) in [6.45, 7) is 8.01. The number of amides is 1.